The molecule has 18 heavy (non-hydrogen) atoms. The summed E-state index contributed by atoms with van der Waals surface area (Å²) in [4.78, 5) is 0. The zero-order valence-corrected chi connectivity index (χ0v) is 10.7. The molecule has 0 aromatic heterocycles. The van der Waals surface area contributed by atoms with Crippen molar-refractivity contribution in [3.05, 3.63) is 23.3 Å². The predicted molar refractivity (Wildman–Crippen MR) is 69.7 cm³/mol. The molecule has 0 amide bonds. The summed E-state index contributed by atoms with van der Waals surface area (Å²) >= 11 is 0. The molecule has 1 aliphatic heterocycles. The minimum atomic E-state index is -0.179. The van der Waals surface area contributed by atoms with Crippen LogP contribution in [0.2, 0.25) is 0 Å². The number of hydrogen-bond donors (Lipinski definition) is 3. The monoisotopic (exact) mass is 251 g/mol. The van der Waals surface area contributed by atoms with Crippen molar-refractivity contribution in [3.63, 3.8) is 0 Å². The van der Waals surface area contributed by atoms with Gasteiger partial charge in [0.1, 0.15) is 0 Å². The molecule has 4 heteroatoms. The molecule has 4 nitrogen and oxygen atoms in total. The predicted octanol–water partition coefficient (Wildman–Crippen LogP) is 2.23. The van der Waals surface area contributed by atoms with Gasteiger partial charge in [0.05, 0.1) is 12.2 Å². The number of fused-ring (bicyclic) bond motifs is 1. The molecular formula is C14H21NO3. The van der Waals surface area contributed by atoms with E-state index < -0.39 is 0 Å². The normalized spacial score (nSPS) is 22.8. The van der Waals surface area contributed by atoms with Crippen molar-refractivity contribution in [1.82, 2.24) is 0 Å². The van der Waals surface area contributed by atoms with Gasteiger partial charge >= 0.3 is 0 Å². The fourth-order valence-corrected chi connectivity index (χ4v) is 2.52. The summed E-state index contributed by atoms with van der Waals surface area (Å²) in [6, 6.07) is 3.28. The molecule has 100 valence electrons. The first-order chi connectivity index (χ1) is 8.67. The summed E-state index contributed by atoms with van der Waals surface area (Å²) in [6.07, 6.45) is 3.72. The number of benzene rings is 1. The molecule has 1 aromatic rings. The van der Waals surface area contributed by atoms with Gasteiger partial charge in [0, 0.05) is 18.5 Å². The average molecular weight is 251 g/mol. The van der Waals surface area contributed by atoms with Gasteiger partial charge in [0.25, 0.3) is 0 Å². The van der Waals surface area contributed by atoms with Crippen LogP contribution in [0, 0.1) is 0 Å². The number of nitrogens with two attached hydrogens (primary N) is 1. The molecule has 0 radical (unpaired) electrons. The van der Waals surface area contributed by atoms with Crippen molar-refractivity contribution < 1.29 is 14.9 Å². The van der Waals surface area contributed by atoms with Crippen LogP contribution >= 0.6 is 0 Å². The Labute approximate surface area is 107 Å². The minimum absolute atomic E-state index is 0.0178. The van der Waals surface area contributed by atoms with Crippen molar-refractivity contribution in [2.24, 2.45) is 5.73 Å². The van der Waals surface area contributed by atoms with Crippen molar-refractivity contribution in [2.75, 3.05) is 6.54 Å². The molecular weight excluding hydrogens is 230 g/mol. The Morgan fingerprint density at radius 2 is 2.17 bits per heavy atom. The lowest BCUT2D eigenvalue weighted by atomic mass is 9.91. The van der Waals surface area contributed by atoms with Gasteiger partial charge in [-0.3, -0.25) is 0 Å². The van der Waals surface area contributed by atoms with Gasteiger partial charge in [-0.2, -0.15) is 0 Å². The average Bonchev–Trinajstić information content (AvgIpc) is 2.40. The molecule has 0 saturated heterocycles. The van der Waals surface area contributed by atoms with E-state index in [4.69, 9.17) is 10.5 Å². The van der Waals surface area contributed by atoms with Gasteiger partial charge in [-0.05, 0) is 18.1 Å². The highest BCUT2D eigenvalue weighted by atomic mass is 16.5. The number of aromatic hydroxyl groups is 2. The molecule has 2 unspecified atom stereocenters. The molecule has 1 aromatic carbocycles. The summed E-state index contributed by atoms with van der Waals surface area (Å²) < 4.78 is 5.94. The third-order valence-corrected chi connectivity index (χ3v) is 3.53. The summed E-state index contributed by atoms with van der Waals surface area (Å²) in [5.74, 6) is -0.0867. The smallest absolute Gasteiger partial charge is 0.161 e. The van der Waals surface area contributed by atoms with E-state index in [0.29, 0.717) is 13.0 Å². The van der Waals surface area contributed by atoms with E-state index in [1.165, 1.54) is 6.07 Å². The van der Waals surface area contributed by atoms with Gasteiger partial charge in [-0.1, -0.05) is 25.8 Å². The first-order valence-corrected chi connectivity index (χ1v) is 6.56. The largest absolute Gasteiger partial charge is 0.504 e. The molecule has 0 aliphatic carbocycles. The van der Waals surface area contributed by atoms with Crippen molar-refractivity contribution in [3.8, 4) is 11.5 Å². The Bertz CT molecular complexity index is 420. The summed E-state index contributed by atoms with van der Waals surface area (Å²) in [7, 11) is 0. The van der Waals surface area contributed by atoms with Crippen LogP contribution in [0.25, 0.3) is 0 Å². The molecule has 1 heterocycles. The lowest BCUT2D eigenvalue weighted by molar-refractivity contribution is -0.0262. The Morgan fingerprint density at radius 3 is 2.83 bits per heavy atom. The fourth-order valence-electron chi connectivity index (χ4n) is 2.52. The molecule has 0 bridgehead atoms. The van der Waals surface area contributed by atoms with Gasteiger partial charge in [-0.25, -0.2) is 0 Å². The summed E-state index contributed by atoms with van der Waals surface area (Å²) in [5, 5.41) is 19.5. The second-order valence-electron chi connectivity index (χ2n) is 4.83. The molecule has 2 atom stereocenters. The van der Waals surface area contributed by atoms with Crippen molar-refractivity contribution in [2.45, 2.75) is 44.8 Å². The second kappa shape index (κ2) is 5.59. The highest BCUT2D eigenvalue weighted by molar-refractivity contribution is 5.50. The lowest BCUT2D eigenvalue weighted by Gasteiger charge is -2.32. The lowest BCUT2D eigenvalue weighted by Crippen LogP contribution is -2.30. The highest BCUT2D eigenvalue weighted by Gasteiger charge is 2.29. The van der Waals surface area contributed by atoms with Crippen LogP contribution in [-0.2, 0) is 11.2 Å². The Hall–Kier alpha value is -1.26. The fraction of sp³-hybridized carbons (Fsp3) is 0.571. The summed E-state index contributed by atoms with van der Waals surface area (Å²) in [5.41, 5.74) is 7.42. The van der Waals surface area contributed by atoms with Crippen LogP contribution < -0.4 is 5.73 Å². The molecule has 0 saturated carbocycles. The highest BCUT2D eigenvalue weighted by Crippen LogP contribution is 2.40. The van der Waals surface area contributed by atoms with Gasteiger partial charge in [0.15, 0.2) is 11.5 Å². The maximum absolute atomic E-state index is 9.95. The van der Waals surface area contributed by atoms with E-state index in [9.17, 15) is 10.2 Å². The van der Waals surface area contributed by atoms with Crippen LogP contribution in [-0.4, -0.2) is 22.9 Å². The number of phenolic OH excluding ortho intramolecular Hbond substituents is 2. The second-order valence-corrected chi connectivity index (χ2v) is 4.83. The van der Waals surface area contributed by atoms with E-state index in [2.05, 4.69) is 6.92 Å². The zero-order chi connectivity index (χ0) is 13.1. The Kier molecular flexibility index (Phi) is 4.09. The molecule has 4 N–H and O–H groups in total. The Balaban J connectivity index is 2.28. The SMILES string of the molecule is CCCCC1Cc2c(ccc(O)c2O)C(CN)O1. The van der Waals surface area contributed by atoms with Gasteiger partial charge in [0.2, 0.25) is 0 Å². The number of unbranched alkanes of at least 4 members (excludes halogenated alkanes) is 1. The van der Waals surface area contributed by atoms with E-state index in [0.717, 1.165) is 30.4 Å². The quantitative estimate of drug-likeness (QED) is 0.717. The Morgan fingerprint density at radius 1 is 1.39 bits per heavy atom. The number of phenols is 2. The van der Waals surface area contributed by atoms with E-state index in [-0.39, 0.29) is 23.7 Å². The topological polar surface area (TPSA) is 75.7 Å². The number of hydrogen-bond acceptors (Lipinski definition) is 4. The standard InChI is InChI=1S/C14H21NO3/c1-2-3-4-9-7-11-10(13(8-15)18-9)5-6-12(16)14(11)17/h5-6,9,13,16-17H,2-4,7-8,15H2,1H3. The zero-order valence-electron chi connectivity index (χ0n) is 10.7. The van der Waals surface area contributed by atoms with Gasteiger partial charge < -0.3 is 20.7 Å². The number of rotatable bonds is 4. The third-order valence-electron chi connectivity index (χ3n) is 3.53. The molecule has 1 aliphatic rings. The van der Waals surface area contributed by atoms with Crippen molar-refractivity contribution in [1.29, 1.82) is 0 Å². The van der Waals surface area contributed by atoms with Crippen LogP contribution in [0.15, 0.2) is 12.1 Å². The maximum atomic E-state index is 9.95. The molecule has 0 fully saturated rings. The van der Waals surface area contributed by atoms with E-state index >= 15 is 0 Å². The first-order valence-electron chi connectivity index (χ1n) is 6.56. The summed E-state index contributed by atoms with van der Waals surface area (Å²) in [6.45, 7) is 2.53. The van der Waals surface area contributed by atoms with Crippen LogP contribution in [0.4, 0.5) is 0 Å². The molecule has 0 spiro atoms. The van der Waals surface area contributed by atoms with Gasteiger partial charge in [-0.15, -0.1) is 0 Å². The van der Waals surface area contributed by atoms with Crippen molar-refractivity contribution >= 4 is 0 Å². The molecule has 2 rings (SSSR count). The minimum Gasteiger partial charge on any atom is -0.504 e. The van der Waals surface area contributed by atoms with Crippen LogP contribution in [0.1, 0.15) is 43.4 Å². The number of ether oxygens (including phenoxy) is 1. The maximum Gasteiger partial charge on any atom is 0.161 e. The van der Waals surface area contributed by atoms with Crippen LogP contribution in [0.3, 0.4) is 0 Å². The third kappa shape index (κ3) is 2.44. The van der Waals surface area contributed by atoms with E-state index in [1.54, 1.807) is 6.07 Å². The van der Waals surface area contributed by atoms with Crippen LogP contribution in [0.5, 0.6) is 11.5 Å². The first kappa shape index (κ1) is 13.2. The van der Waals surface area contributed by atoms with E-state index in [1.807, 2.05) is 0 Å².